The molecule has 0 fully saturated rings. The van der Waals surface area contributed by atoms with Gasteiger partial charge in [0.05, 0.1) is 6.54 Å². The van der Waals surface area contributed by atoms with Gasteiger partial charge in [0.15, 0.2) is 11.3 Å². The summed E-state index contributed by atoms with van der Waals surface area (Å²) < 4.78 is 0. The summed E-state index contributed by atoms with van der Waals surface area (Å²) in [6, 6.07) is 5.79. The van der Waals surface area contributed by atoms with Crippen molar-refractivity contribution in [2.75, 3.05) is 6.54 Å². The van der Waals surface area contributed by atoms with Gasteiger partial charge in [-0.2, -0.15) is 0 Å². The number of ketones is 1. The molecule has 0 spiro atoms. The maximum Gasteiger partial charge on any atom is 0.331 e. The summed E-state index contributed by atoms with van der Waals surface area (Å²) >= 11 is 0. The van der Waals surface area contributed by atoms with Gasteiger partial charge in [-0.05, 0) is 17.7 Å². The van der Waals surface area contributed by atoms with Gasteiger partial charge in [-0.3, -0.25) is 4.79 Å². The third-order valence-corrected chi connectivity index (χ3v) is 2.48. The highest BCUT2D eigenvalue weighted by Gasteiger charge is 2.41. The molecule has 1 atom stereocenters. The number of phenolic OH excluding ortho intramolecular Hbond substituents is 1. The highest BCUT2D eigenvalue weighted by Crippen LogP contribution is 2.16. The number of carboxylic acids is 1. The van der Waals surface area contributed by atoms with Crippen molar-refractivity contribution < 1.29 is 19.8 Å². The molecule has 0 aliphatic carbocycles. The number of carbonyl (C=O) groups is 2. The van der Waals surface area contributed by atoms with E-state index in [1.165, 1.54) is 24.3 Å². The van der Waals surface area contributed by atoms with E-state index < -0.39 is 23.8 Å². The third-order valence-electron chi connectivity index (χ3n) is 2.48. The van der Waals surface area contributed by atoms with Crippen LogP contribution < -0.4 is 11.5 Å². The largest absolute Gasteiger partial charge is 0.508 e. The molecular formula is C11H14N2O4. The van der Waals surface area contributed by atoms with Crippen molar-refractivity contribution in [3.8, 4) is 5.75 Å². The molecule has 0 aliphatic rings. The fourth-order valence-corrected chi connectivity index (χ4v) is 1.41. The van der Waals surface area contributed by atoms with Crippen LogP contribution in [0.4, 0.5) is 0 Å². The Morgan fingerprint density at radius 2 is 1.76 bits per heavy atom. The van der Waals surface area contributed by atoms with Crippen LogP contribution in [0.15, 0.2) is 24.3 Å². The van der Waals surface area contributed by atoms with Gasteiger partial charge in [0.1, 0.15) is 5.75 Å². The quantitative estimate of drug-likeness (QED) is 0.500. The molecule has 6 nitrogen and oxygen atoms in total. The number of hydrogen-bond donors (Lipinski definition) is 4. The first-order chi connectivity index (χ1) is 7.90. The first kappa shape index (κ1) is 13.1. The van der Waals surface area contributed by atoms with Gasteiger partial charge >= 0.3 is 5.97 Å². The average molecular weight is 238 g/mol. The second-order valence-corrected chi connectivity index (χ2v) is 3.75. The fraction of sp³-hybridized carbons (Fsp3) is 0.273. The molecule has 1 unspecified atom stereocenters. The molecule has 0 radical (unpaired) electrons. The highest BCUT2D eigenvalue weighted by atomic mass is 16.4. The number of rotatable bonds is 5. The molecule has 17 heavy (non-hydrogen) atoms. The normalized spacial score (nSPS) is 14.0. The standard InChI is InChI=1S/C11H14N2O4/c12-6-9(15)11(13,10(16)17)5-7-1-3-8(14)4-2-7/h1-4,14H,5-6,12-13H2,(H,16,17). The Balaban J connectivity index is 2.99. The van der Waals surface area contributed by atoms with Gasteiger partial charge in [-0.15, -0.1) is 0 Å². The number of carboxylic acid groups (broad SMARTS) is 1. The molecule has 0 aromatic heterocycles. The Kier molecular flexibility index (Phi) is 3.82. The zero-order chi connectivity index (χ0) is 13.1. The molecule has 0 saturated carbocycles. The summed E-state index contributed by atoms with van der Waals surface area (Å²) in [6.07, 6.45) is -0.168. The number of phenols is 1. The van der Waals surface area contributed by atoms with Crippen molar-refractivity contribution in [2.45, 2.75) is 12.0 Å². The molecule has 1 rings (SSSR count). The molecule has 0 heterocycles. The van der Waals surface area contributed by atoms with E-state index in [-0.39, 0.29) is 12.2 Å². The minimum absolute atomic E-state index is 0.0526. The second-order valence-electron chi connectivity index (χ2n) is 3.75. The molecule has 1 aromatic carbocycles. The number of hydrogen-bond acceptors (Lipinski definition) is 5. The summed E-state index contributed by atoms with van der Waals surface area (Å²) in [5, 5.41) is 18.1. The molecule has 0 saturated heterocycles. The molecule has 92 valence electrons. The van der Waals surface area contributed by atoms with Crippen molar-refractivity contribution in [2.24, 2.45) is 11.5 Å². The van der Waals surface area contributed by atoms with E-state index in [0.717, 1.165) is 0 Å². The van der Waals surface area contributed by atoms with Gasteiger partial charge in [-0.1, -0.05) is 12.1 Å². The van der Waals surface area contributed by atoms with Crippen LogP contribution in [0.25, 0.3) is 0 Å². The number of nitrogens with two attached hydrogens (primary N) is 2. The minimum atomic E-state index is -2.02. The summed E-state index contributed by atoms with van der Waals surface area (Å²) in [5.74, 6) is -2.10. The Hall–Kier alpha value is -1.92. The highest BCUT2D eigenvalue weighted by molar-refractivity contribution is 6.08. The molecule has 0 bridgehead atoms. The Morgan fingerprint density at radius 3 is 2.18 bits per heavy atom. The Bertz CT molecular complexity index is 430. The van der Waals surface area contributed by atoms with Gasteiger partial charge in [0.25, 0.3) is 0 Å². The molecule has 6 heteroatoms. The van der Waals surface area contributed by atoms with Gasteiger partial charge in [0.2, 0.25) is 0 Å². The van der Waals surface area contributed by atoms with Crippen molar-refractivity contribution >= 4 is 11.8 Å². The second kappa shape index (κ2) is 4.94. The van der Waals surface area contributed by atoms with E-state index in [1.807, 2.05) is 0 Å². The summed E-state index contributed by atoms with van der Waals surface area (Å²) in [5.41, 5.74) is 9.23. The number of carbonyl (C=O) groups excluding carboxylic acids is 1. The van der Waals surface area contributed by atoms with Crippen LogP contribution in [0.1, 0.15) is 5.56 Å². The minimum Gasteiger partial charge on any atom is -0.508 e. The lowest BCUT2D eigenvalue weighted by molar-refractivity contribution is -0.147. The van der Waals surface area contributed by atoms with E-state index in [9.17, 15) is 9.59 Å². The smallest absolute Gasteiger partial charge is 0.331 e. The maximum absolute atomic E-state index is 11.5. The monoisotopic (exact) mass is 238 g/mol. The van der Waals surface area contributed by atoms with Crippen molar-refractivity contribution in [3.05, 3.63) is 29.8 Å². The summed E-state index contributed by atoms with van der Waals surface area (Å²) in [6.45, 7) is -0.430. The number of aliphatic carboxylic acids is 1. The first-order valence-corrected chi connectivity index (χ1v) is 4.93. The molecule has 6 N–H and O–H groups in total. The first-order valence-electron chi connectivity index (χ1n) is 4.93. The average Bonchev–Trinajstić information content (AvgIpc) is 2.30. The fourth-order valence-electron chi connectivity index (χ4n) is 1.41. The lowest BCUT2D eigenvalue weighted by Crippen LogP contribution is -2.58. The Labute approximate surface area is 97.8 Å². The predicted molar refractivity (Wildman–Crippen MR) is 60.4 cm³/mol. The van der Waals surface area contributed by atoms with Crippen molar-refractivity contribution in [1.82, 2.24) is 0 Å². The van der Waals surface area contributed by atoms with Crippen LogP contribution in [0.5, 0.6) is 5.75 Å². The number of Topliss-reactive ketones (excluding diaryl/α,β-unsaturated/α-hetero) is 1. The van der Waals surface area contributed by atoms with Crippen LogP contribution in [0.2, 0.25) is 0 Å². The van der Waals surface area contributed by atoms with Gasteiger partial charge in [-0.25, -0.2) is 4.79 Å². The summed E-state index contributed by atoms with van der Waals surface area (Å²) in [4.78, 5) is 22.5. The van der Waals surface area contributed by atoms with E-state index in [4.69, 9.17) is 21.7 Å². The maximum atomic E-state index is 11.5. The van der Waals surface area contributed by atoms with E-state index in [1.54, 1.807) is 0 Å². The third kappa shape index (κ3) is 2.80. The lowest BCUT2D eigenvalue weighted by atomic mass is 9.87. The van der Waals surface area contributed by atoms with Crippen molar-refractivity contribution in [3.63, 3.8) is 0 Å². The molecular weight excluding hydrogens is 224 g/mol. The number of benzene rings is 1. The van der Waals surface area contributed by atoms with E-state index in [2.05, 4.69) is 0 Å². The molecule has 0 aliphatic heterocycles. The van der Waals surface area contributed by atoms with E-state index in [0.29, 0.717) is 5.56 Å². The zero-order valence-electron chi connectivity index (χ0n) is 9.09. The Morgan fingerprint density at radius 1 is 1.24 bits per heavy atom. The van der Waals surface area contributed by atoms with Gasteiger partial charge in [0, 0.05) is 6.42 Å². The zero-order valence-corrected chi connectivity index (χ0v) is 9.09. The number of aromatic hydroxyl groups is 1. The van der Waals surface area contributed by atoms with Crippen LogP contribution in [0.3, 0.4) is 0 Å². The van der Waals surface area contributed by atoms with Crippen LogP contribution in [-0.2, 0) is 16.0 Å². The van der Waals surface area contributed by atoms with Crippen molar-refractivity contribution in [1.29, 1.82) is 0 Å². The summed E-state index contributed by atoms with van der Waals surface area (Å²) in [7, 11) is 0. The molecule has 0 amide bonds. The van der Waals surface area contributed by atoms with Gasteiger partial charge < -0.3 is 21.7 Å². The van der Waals surface area contributed by atoms with Crippen LogP contribution in [0, 0.1) is 0 Å². The molecule has 1 aromatic rings. The predicted octanol–water partition coefficient (Wildman–Crippen LogP) is -0.755. The van der Waals surface area contributed by atoms with Crippen LogP contribution in [-0.4, -0.2) is 34.0 Å². The SMILES string of the molecule is NCC(=O)C(N)(Cc1ccc(O)cc1)C(=O)O. The van der Waals surface area contributed by atoms with E-state index >= 15 is 0 Å². The lowest BCUT2D eigenvalue weighted by Gasteiger charge is -2.22. The topological polar surface area (TPSA) is 127 Å². The van der Waals surface area contributed by atoms with Crippen LogP contribution >= 0.6 is 0 Å².